The van der Waals surface area contributed by atoms with Crippen molar-refractivity contribution in [3.8, 4) is 5.75 Å². The van der Waals surface area contributed by atoms with E-state index in [9.17, 15) is 19.2 Å². The minimum absolute atomic E-state index is 0.0217. The monoisotopic (exact) mass is 497 g/mol. The second-order valence-corrected chi connectivity index (χ2v) is 10.8. The highest BCUT2D eigenvalue weighted by atomic mass is 32.2. The number of aromatic nitrogens is 2. The fraction of sp³-hybridized carbons (Fsp3) is 0.458. The molecule has 3 amide bonds. The van der Waals surface area contributed by atoms with Crippen molar-refractivity contribution >= 4 is 35.2 Å². The number of H-pyrrole nitrogens is 1. The van der Waals surface area contributed by atoms with Crippen molar-refractivity contribution in [1.82, 2.24) is 20.6 Å². The Labute approximate surface area is 206 Å². The van der Waals surface area contributed by atoms with Crippen LogP contribution in [0.5, 0.6) is 5.75 Å². The van der Waals surface area contributed by atoms with E-state index in [1.165, 1.54) is 11.8 Å². The van der Waals surface area contributed by atoms with Crippen molar-refractivity contribution in [3.05, 3.63) is 45.5 Å². The number of rotatable bonds is 6. The Hall–Kier alpha value is -3.34. The van der Waals surface area contributed by atoms with E-state index in [2.05, 4.69) is 39.8 Å². The predicted octanol–water partition coefficient (Wildman–Crippen LogP) is 1.77. The molecule has 3 unspecified atom stereocenters. The fourth-order valence-electron chi connectivity index (χ4n) is 4.73. The van der Waals surface area contributed by atoms with E-state index >= 15 is 0 Å². The van der Waals surface area contributed by atoms with E-state index in [0.717, 1.165) is 5.56 Å². The summed E-state index contributed by atoms with van der Waals surface area (Å²) in [5, 5.41) is 9.17. The normalized spacial score (nSPS) is 22.0. The smallest absolute Gasteiger partial charge is 0.287 e. The highest BCUT2D eigenvalue weighted by molar-refractivity contribution is 8.00. The maximum atomic E-state index is 12.9. The Kier molecular flexibility index (Phi) is 6.26. The number of hydrogen-bond donors (Lipinski definition) is 4. The lowest BCUT2D eigenvalue weighted by atomic mass is 9.98. The third-order valence-corrected chi connectivity index (χ3v) is 7.82. The number of anilines is 1. The van der Waals surface area contributed by atoms with Crippen LogP contribution in [-0.4, -0.2) is 46.1 Å². The number of fused-ring (bicyclic) bond motifs is 4. The number of hydrogen-bond acceptors (Lipinski definition) is 7. The van der Waals surface area contributed by atoms with Crippen LogP contribution in [0.1, 0.15) is 54.4 Å². The van der Waals surface area contributed by atoms with Gasteiger partial charge in [-0.2, -0.15) is 0 Å². The van der Waals surface area contributed by atoms with Crippen LogP contribution in [0.25, 0.3) is 0 Å². The molecule has 1 saturated carbocycles. The van der Waals surface area contributed by atoms with E-state index in [0.29, 0.717) is 47.3 Å². The molecular formula is C24H27N5O5S. The summed E-state index contributed by atoms with van der Waals surface area (Å²) in [5.41, 5.74) is 1.58. The number of benzene rings is 1. The summed E-state index contributed by atoms with van der Waals surface area (Å²) < 4.78 is 5.34. The maximum absolute atomic E-state index is 12.9. The van der Waals surface area contributed by atoms with Gasteiger partial charge in [0, 0.05) is 30.2 Å². The number of aromatic amines is 1. The number of thioether (sulfide) groups is 1. The van der Waals surface area contributed by atoms with Crippen LogP contribution in [0, 0.1) is 11.8 Å². The van der Waals surface area contributed by atoms with Crippen molar-refractivity contribution in [2.75, 3.05) is 18.5 Å². The van der Waals surface area contributed by atoms with Crippen LogP contribution in [0.3, 0.4) is 0 Å². The second kappa shape index (κ2) is 9.37. The van der Waals surface area contributed by atoms with Gasteiger partial charge in [-0.05, 0) is 36.5 Å². The number of carbonyl (C=O) groups is 3. The minimum Gasteiger partial charge on any atom is -0.482 e. The number of ether oxygens (including phenoxy) is 1. The molecule has 4 N–H and O–H groups in total. The van der Waals surface area contributed by atoms with Crippen LogP contribution < -0.4 is 26.2 Å². The molecule has 1 aliphatic carbocycles. The minimum atomic E-state index is -0.494. The van der Waals surface area contributed by atoms with Gasteiger partial charge in [0.1, 0.15) is 10.8 Å². The molecule has 3 aliphatic rings. The summed E-state index contributed by atoms with van der Waals surface area (Å²) in [6.45, 7) is 4.91. The molecule has 2 aromatic rings. The first-order valence-corrected chi connectivity index (χ1v) is 12.6. The van der Waals surface area contributed by atoms with Crippen molar-refractivity contribution in [1.29, 1.82) is 0 Å². The summed E-state index contributed by atoms with van der Waals surface area (Å²) in [7, 11) is 0. The highest BCUT2D eigenvalue weighted by Gasteiger charge is 2.46. The van der Waals surface area contributed by atoms with Gasteiger partial charge in [-0.15, -0.1) is 11.8 Å². The predicted molar refractivity (Wildman–Crippen MR) is 130 cm³/mol. The number of nitrogens with zero attached hydrogens (tertiary/aromatic N) is 1. The molecule has 0 saturated heterocycles. The molecule has 10 nitrogen and oxygen atoms in total. The summed E-state index contributed by atoms with van der Waals surface area (Å²) in [6, 6.07) is 5.26. The summed E-state index contributed by atoms with van der Waals surface area (Å²) in [6.07, 6.45) is 1.30. The lowest BCUT2D eigenvalue weighted by Gasteiger charge is -2.18. The van der Waals surface area contributed by atoms with E-state index in [4.69, 9.17) is 4.74 Å². The lowest BCUT2D eigenvalue weighted by Crippen LogP contribution is -2.32. The van der Waals surface area contributed by atoms with Crippen LogP contribution >= 0.6 is 11.8 Å². The molecule has 35 heavy (non-hydrogen) atoms. The first-order chi connectivity index (χ1) is 16.8. The quantitative estimate of drug-likeness (QED) is 0.446. The number of amides is 3. The molecule has 3 atom stereocenters. The molecule has 0 radical (unpaired) electrons. The van der Waals surface area contributed by atoms with E-state index in [1.54, 1.807) is 18.2 Å². The zero-order chi connectivity index (χ0) is 24.7. The van der Waals surface area contributed by atoms with Crippen molar-refractivity contribution in [2.45, 2.75) is 49.4 Å². The molecule has 0 spiro atoms. The summed E-state index contributed by atoms with van der Waals surface area (Å²) in [5.74, 6) is 0.0886. The number of carbonyl (C=O) groups excluding carboxylic acids is 3. The molecule has 0 bridgehead atoms. The Bertz CT molecular complexity index is 1260. The van der Waals surface area contributed by atoms with Crippen molar-refractivity contribution in [2.24, 2.45) is 11.8 Å². The average molecular weight is 498 g/mol. The van der Waals surface area contributed by atoms with Gasteiger partial charge >= 0.3 is 0 Å². The Balaban J connectivity index is 1.24. The molecular weight excluding hydrogens is 470 g/mol. The Morgan fingerprint density at radius 3 is 2.86 bits per heavy atom. The molecule has 1 aromatic carbocycles. The van der Waals surface area contributed by atoms with Crippen LogP contribution in [0.2, 0.25) is 0 Å². The maximum Gasteiger partial charge on any atom is 0.287 e. The van der Waals surface area contributed by atoms with Gasteiger partial charge < -0.3 is 25.7 Å². The van der Waals surface area contributed by atoms with Crippen LogP contribution in [0.4, 0.5) is 5.69 Å². The first-order valence-electron chi connectivity index (χ1n) is 11.7. The molecule has 2 aliphatic heterocycles. The largest absolute Gasteiger partial charge is 0.482 e. The Morgan fingerprint density at radius 1 is 1.23 bits per heavy atom. The van der Waals surface area contributed by atoms with Crippen LogP contribution in [0.15, 0.2) is 28.0 Å². The topological polar surface area (TPSA) is 142 Å². The molecule has 11 heteroatoms. The zero-order valence-corrected chi connectivity index (χ0v) is 20.3. The lowest BCUT2D eigenvalue weighted by molar-refractivity contribution is -0.125. The molecule has 5 rings (SSSR count). The molecule has 184 valence electrons. The SMILES string of the molecule is CC(C)CNC(=O)C1CC2Sc3nc(C(=O)NCc4ccc5c(c4)NC(=O)CO5)[nH]c(=O)c3C2C1. The van der Waals surface area contributed by atoms with E-state index < -0.39 is 5.91 Å². The van der Waals surface area contributed by atoms with Gasteiger partial charge in [-0.1, -0.05) is 19.9 Å². The molecule has 1 fully saturated rings. The van der Waals surface area contributed by atoms with Gasteiger partial charge in [-0.3, -0.25) is 19.2 Å². The van der Waals surface area contributed by atoms with Crippen molar-refractivity contribution < 1.29 is 19.1 Å². The van der Waals surface area contributed by atoms with Crippen LogP contribution in [-0.2, 0) is 16.1 Å². The fourth-order valence-corrected chi connectivity index (χ4v) is 6.27. The summed E-state index contributed by atoms with van der Waals surface area (Å²) >= 11 is 1.48. The molecule has 3 heterocycles. The van der Waals surface area contributed by atoms with E-state index in [1.807, 2.05) is 0 Å². The zero-order valence-electron chi connectivity index (χ0n) is 19.5. The standard InChI is InChI=1S/C24H27N5O5S/c1-11(2)8-25-21(31)13-6-14-17(7-13)35-24-19(14)22(32)28-20(29-24)23(33)26-9-12-3-4-16-15(5-12)27-18(30)10-34-16/h3-5,11,13-14,17H,6-10H2,1-2H3,(H,25,31)(H,26,33)(H,27,30)(H,28,29,32). The number of nitrogens with one attached hydrogen (secondary N) is 4. The van der Waals surface area contributed by atoms with Gasteiger partial charge in [-0.25, -0.2) is 4.98 Å². The third kappa shape index (κ3) is 4.77. The highest BCUT2D eigenvalue weighted by Crippen LogP contribution is 2.53. The van der Waals surface area contributed by atoms with E-state index in [-0.39, 0.29) is 53.4 Å². The summed E-state index contributed by atoms with van der Waals surface area (Å²) in [4.78, 5) is 56.7. The third-order valence-electron chi connectivity index (χ3n) is 6.46. The van der Waals surface area contributed by atoms with Gasteiger partial charge in [0.05, 0.1) is 11.3 Å². The Morgan fingerprint density at radius 2 is 2.06 bits per heavy atom. The first kappa shape index (κ1) is 23.4. The van der Waals surface area contributed by atoms with Gasteiger partial charge in [0.15, 0.2) is 12.4 Å². The van der Waals surface area contributed by atoms with Crippen molar-refractivity contribution in [3.63, 3.8) is 0 Å². The van der Waals surface area contributed by atoms with Gasteiger partial charge in [0.2, 0.25) is 5.91 Å². The average Bonchev–Trinajstić information content (AvgIpc) is 3.38. The van der Waals surface area contributed by atoms with Gasteiger partial charge in [0.25, 0.3) is 17.4 Å². The second-order valence-electron chi connectivity index (χ2n) is 9.55. The molecule has 1 aromatic heterocycles.